The third-order valence-electron chi connectivity index (χ3n) is 4.43. The summed E-state index contributed by atoms with van der Waals surface area (Å²) < 4.78 is 29.9. The molecule has 0 spiro atoms. The molecule has 6 heteroatoms. The molecule has 1 N–H and O–H groups in total. The van der Waals surface area contributed by atoms with Gasteiger partial charge in [-0.25, -0.2) is 13.1 Å². The van der Waals surface area contributed by atoms with E-state index in [2.05, 4.69) is 27.6 Å². The summed E-state index contributed by atoms with van der Waals surface area (Å²) in [6.07, 6.45) is 2.08. The Bertz CT molecular complexity index is 963. The highest BCUT2D eigenvalue weighted by Crippen LogP contribution is 2.28. The summed E-state index contributed by atoms with van der Waals surface area (Å²) in [5.41, 5.74) is 2.24. The maximum atomic E-state index is 12.5. The summed E-state index contributed by atoms with van der Waals surface area (Å²) in [6.45, 7) is 0.304. The highest BCUT2D eigenvalue weighted by atomic mass is 32.2. The first-order valence-corrected chi connectivity index (χ1v) is 9.63. The fourth-order valence-corrected chi connectivity index (χ4v) is 4.14. The van der Waals surface area contributed by atoms with Crippen molar-refractivity contribution in [3.63, 3.8) is 0 Å². The Balaban J connectivity index is 1.90. The Morgan fingerprint density at radius 2 is 1.68 bits per heavy atom. The standard InChI is InChI=1S/C19H23N3O2S/c1-21(2)19(13-20-25(23,24)15-9-5-4-6-10-15)17-14-22(3)18-12-8-7-11-16(17)18/h4-12,14,19-20H,13H2,1-3H3. The van der Waals surface area contributed by atoms with E-state index in [-0.39, 0.29) is 10.9 Å². The molecular formula is C19H23N3O2S. The lowest BCUT2D eigenvalue weighted by Gasteiger charge is -2.24. The minimum absolute atomic E-state index is 0.0652. The lowest BCUT2D eigenvalue weighted by molar-refractivity contribution is 0.301. The quantitative estimate of drug-likeness (QED) is 0.738. The van der Waals surface area contributed by atoms with Gasteiger partial charge >= 0.3 is 0 Å². The summed E-state index contributed by atoms with van der Waals surface area (Å²) in [4.78, 5) is 2.32. The molecule has 0 radical (unpaired) electrons. The van der Waals surface area contributed by atoms with Crippen LogP contribution in [0.3, 0.4) is 0 Å². The van der Waals surface area contributed by atoms with Crippen LogP contribution < -0.4 is 4.72 Å². The van der Waals surface area contributed by atoms with Gasteiger partial charge in [-0.05, 0) is 37.9 Å². The van der Waals surface area contributed by atoms with Crippen LogP contribution >= 0.6 is 0 Å². The van der Waals surface area contributed by atoms with Gasteiger partial charge in [0.2, 0.25) is 10.0 Å². The van der Waals surface area contributed by atoms with E-state index >= 15 is 0 Å². The van der Waals surface area contributed by atoms with Gasteiger partial charge in [0, 0.05) is 36.7 Å². The van der Waals surface area contributed by atoms with E-state index in [0.717, 1.165) is 16.5 Å². The number of hydrogen-bond donors (Lipinski definition) is 1. The van der Waals surface area contributed by atoms with Gasteiger partial charge in [-0.15, -0.1) is 0 Å². The van der Waals surface area contributed by atoms with Crippen molar-refractivity contribution in [3.05, 3.63) is 66.4 Å². The van der Waals surface area contributed by atoms with Crippen molar-refractivity contribution in [2.24, 2.45) is 7.05 Å². The molecule has 5 nitrogen and oxygen atoms in total. The van der Waals surface area contributed by atoms with Crippen molar-refractivity contribution in [2.45, 2.75) is 10.9 Å². The van der Waals surface area contributed by atoms with E-state index in [1.807, 2.05) is 38.2 Å². The number of hydrogen-bond acceptors (Lipinski definition) is 3. The van der Waals surface area contributed by atoms with Crippen molar-refractivity contribution in [1.29, 1.82) is 0 Å². The second-order valence-electron chi connectivity index (χ2n) is 6.36. The fraction of sp³-hybridized carbons (Fsp3) is 0.263. The number of aryl methyl sites for hydroxylation is 1. The molecule has 0 aliphatic heterocycles. The van der Waals surface area contributed by atoms with Gasteiger partial charge in [-0.3, -0.25) is 0 Å². The van der Waals surface area contributed by atoms with Crippen LogP contribution in [0.15, 0.2) is 65.7 Å². The Kier molecular flexibility index (Phi) is 4.94. The number of aromatic nitrogens is 1. The molecule has 0 fully saturated rings. The van der Waals surface area contributed by atoms with E-state index < -0.39 is 10.0 Å². The van der Waals surface area contributed by atoms with Gasteiger partial charge in [0.05, 0.1) is 4.90 Å². The van der Waals surface area contributed by atoms with Crippen LogP contribution in [-0.2, 0) is 17.1 Å². The van der Waals surface area contributed by atoms with Gasteiger partial charge in [-0.1, -0.05) is 36.4 Å². The minimum atomic E-state index is -3.53. The normalized spacial score (nSPS) is 13.4. The van der Waals surface area contributed by atoms with Crippen molar-refractivity contribution < 1.29 is 8.42 Å². The number of benzene rings is 2. The lowest BCUT2D eigenvalue weighted by atomic mass is 10.1. The highest BCUT2D eigenvalue weighted by molar-refractivity contribution is 7.89. The van der Waals surface area contributed by atoms with Crippen molar-refractivity contribution >= 4 is 20.9 Å². The molecule has 0 aliphatic rings. The van der Waals surface area contributed by atoms with Crippen LogP contribution in [0.25, 0.3) is 10.9 Å². The predicted molar refractivity (Wildman–Crippen MR) is 101 cm³/mol. The summed E-state index contributed by atoms with van der Waals surface area (Å²) >= 11 is 0. The zero-order valence-electron chi connectivity index (χ0n) is 14.7. The molecule has 3 rings (SSSR count). The van der Waals surface area contributed by atoms with Crippen LogP contribution in [0.1, 0.15) is 11.6 Å². The molecule has 1 atom stereocenters. The number of likely N-dealkylation sites (N-methyl/N-ethyl adjacent to an activating group) is 1. The number of nitrogens with one attached hydrogen (secondary N) is 1. The zero-order chi connectivity index (χ0) is 18.0. The van der Waals surface area contributed by atoms with Gasteiger partial charge in [0.1, 0.15) is 0 Å². The van der Waals surface area contributed by atoms with Gasteiger partial charge in [0.15, 0.2) is 0 Å². The van der Waals surface area contributed by atoms with E-state index in [0.29, 0.717) is 6.54 Å². The SMILES string of the molecule is CN(C)C(CNS(=O)(=O)c1ccccc1)c1cn(C)c2ccccc12. The molecule has 0 amide bonds. The number of nitrogens with zero attached hydrogens (tertiary/aromatic N) is 2. The second-order valence-corrected chi connectivity index (χ2v) is 8.12. The summed E-state index contributed by atoms with van der Waals surface area (Å²) in [6, 6.07) is 16.6. The first-order chi connectivity index (χ1) is 11.9. The molecule has 0 bridgehead atoms. The predicted octanol–water partition coefficient (Wildman–Crippen LogP) is 2.76. The van der Waals surface area contributed by atoms with Crippen molar-refractivity contribution in [2.75, 3.05) is 20.6 Å². The molecule has 1 unspecified atom stereocenters. The van der Waals surface area contributed by atoms with Gasteiger partial charge < -0.3 is 9.47 Å². The smallest absolute Gasteiger partial charge is 0.240 e. The van der Waals surface area contributed by atoms with Crippen LogP contribution in [0.4, 0.5) is 0 Å². The largest absolute Gasteiger partial charge is 0.350 e. The third-order valence-corrected chi connectivity index (χ3v) is 5.87. The Morgan fingerprint density at radius 1 is 1.04 bits per heavy atom. The first-order valence-electron chi connectivity index (χ1n) is 8.15. The number of para-hydroxylation sites is 1. The molecule has 3 aromatic rings. The molecule has 2 aromatic carbocycles. The topological polar surface area (TPSA) is 54.3 Å². The Labute approximate surface area is 148 Å². The van der Waals surface area contributed by atoms with Crippen LogP contribution in [0.2, 0.25) is 0 Å². The first kappa shape index (κ1) is 17.7. The van der Waals surface area contributed by atoms with Crippen molar-refractivity contribution in [1.82, 2.24) is 14.2 Å². The molecule has 0 saturated heterocycles. The highest BCUT2D eigenvalue weighted by Gasteiger charge is 2.22. The second kappa shape index (κ2) is 7.00. The van der Waals surface area contributed by atoms with E-state index in [1.165, 1.54) is 0 Å². The van der Waals surface area contributed by atoms with Crippen LogP contribution in [0, 0.1) is 0 Å². The van der Waals surface area contributed by atoms with Gasteiger partial charge in [-0.2, -0.15) is 0 Å². The summed E-state index contributed by atoms with van der Waals surface area (Å²) in [5, 5.41) is 1.14. The van der Waals surface area contributed by atoms with Crippen LogP contribution in [0.5, 0.6) is 0 Å². The monoisotopic (exact) mass is 357 g/mol. The number of sulfonamides is 1. The number of rotatable bonds is 6. The summed E-state index contributed by atoms with van der Waals surface area (Å²) in [5.74, 6) is 0. The molecule has 0 aliphatic carbocycles. The van der Waals surface area contributed by atoms with Crippen molar-refractivity contribution in [3.8, 4) is 0 Å². The minimum Gasteiger partial charge on any atom is -0.350 e. The van der Waals surface area contributed by atoms with Crippen LogP contribution in [-0.4, -0.2) is 38.5 Å². The van der Waals surface area contributed by atoms with E-state index in [9.17, 15) is 8.42 Å². The Morgan fingerprint density at radius 3 is 2.36 bits per heavy atom. The molecular weight excluding hydrogens is 334 g/mol. The molecule has 0 saturated carbocycles. The maximum absolute atomic E-state index is 12.5. The maximum Gasteiger partial charge on any atom is 0.240 e. The Hall–Kier alpha value is -2.15. The summed E-state index contributed by atoms with van der Waals surface area (Å²) in [7, 11) is 2.40. The molecule has 1 heterocycles. The molecule has 132 valence electrons. The fourth-order valence-electron chi connectivity index (χ4n) is 3.08. The van der Waals surface area contributed by atoms with E-state index in [1.54, 1.807) is 30.3 Å². The lowest BCUT2D eigenvalue weighted by Crippen LogP contribution is -2.34. The zero-order valence-corrected chi connectivity index (χ0v) is 15.5. The average Bonchev–Trinajstić information content (AvgIpc) is 2.93. The van der Waals surface area contributed by atoms with Gasteiger partial charge in [0.25, 0.3) is 0 Å². The average molecular weight is 357 g/mol. The number of fused-ring (bicyclic) bond motifs is 1. The molecule has 25 heavy (non-hydrogen) atoms. The third kappa shape index (κ3) is 3.61. The molecule has 1 aromatic heterocycles. The van der Waals surface area contributed by atoms with E-state index in [4.69, 9.17) is 0 Å².